The number of anilines is 1. The Morgan fingerprint density at radius 1 is 0.971 bits per heavy atom. The maximum absolute atomic E-state index is 13.8. The van der Waals surface area contributed by atoms with Crippen molar-refractivity contribution in [2.45, 2.75) is 52.2 Å². The van der Waals surface area contributed by atoms with Gasteiger partial charge in [-0.15, -0.1) is 0 Å². The third-order valence-corrected chi connectivity index (χ3v) is 7.05. The summed E-state index contributed by atoms with van der Waals surface area (Å²) < 4.78 is 13.8. The number of fused-ring (bicyclic) bond motifs is 2. The number of halogens is 1. The Kier molecular flexibility index (Phi) is 5.26. The first-order valence-corrected chi connectivity index (χ1v) is 11.7. The average molecular weight is 453 g/mol. The van der Waals surface area contributed by atoms with Crippen LogP contribution in [0.2, 0.25) is 0 Å². The molecule has 0 fully saturated rings. The molecule has 0 bridgehead atoms. The Morgan fingerprint density at radius 2 is 1.74 bits per heavy atom. The van der Waals surface area contributed by atoms with E-state index in [1.807, 2.05) is 26.1 Å². The fraction of sp³-hybridized carbons (Fsp3) is 0.267. The molecule has 0 saturated carbocycles. The lowest BCUT2D eigenvalue weighted by Gasteiger charge is -2.43. The van der Waals surface area contributed by atoms with Crippen molar-refractivity contribution in [2.24, 2.45) is 0 Å². The summed E-state index contributed by atoms with van der Waals surface area (Å²) in [6.07, 6.45) is 1.43. The quantitative estimate of drug-likeness (QED) is 0.283. The van der Waals surface area contributed by atoms with Gasteiger partial charge in [0.2, 0.25) is 0 Å². The van der Waals surface area contributed by atoms with Gasteiger partial charge in [0.25, 0.3) is 0 Å². The lowest BCUT2D eigenvalue weighted by molar-refractivity contribution is 0.0868. The van der Waals surface area contributed by atoms with Crippen LogP contribution in [0.1, 0.15) is 54.5 Å². The predicted molar refractivity (Wildman–Crippen MR) is 138 cm³/mol. The zero-order valence-corrected chi connectivity index (χ0v) is 20.2. The molecule has 1 aromatic heterocycles. The molecule has 172 valence electrons. The molecule has 2 heterocycles. The van der Waals surface area contributed by atoms with Gasteiger partial charge in [0, 0.05) is 45.4 Å². The number of benzene rings is 3. The molecule has 1 aliphatic heterocycles. The van der Waals surface area contributed by atoms with E-state index in [2.05, 4.69) is 67.2 Å². The van der Waals surface area contributed by atoms with Crippen LogP contribution in [0.5, 0.6) is 0 Å². The Balaban J connectivity index is 1.83. The number of aliphatic hydroxyl groups excluding tert-OH is 1. The van der Waals surface area contributed by atoms with Gasteiger partial charge in [0.15, 0.2) is 0 Å². The topological polar surface area (TPSA) is 48.0 Å². The van der Waals surface area contributed by atoms with Crippen molar-refractivity contribution in [2.75, 3.05) is 5.32 Å². The molecule has 0 aliphatic carbocycles. The highest BCUT2D eigenvalue weighted by Gasteiger charge is 2.40. The first kappa shape index (κ1) is 22.3. The minimum absolute atomic E-state index is 0.133. The third kappa shape index (κ3) is 3.57. The summed E-state index contributed by atoms with van der Waals surface area (Å²) in [6.45, 7) is 10.3. The summed E-state index contributed by atoms with van der Waals surface area (Å²) in [5.41, 5.74) is 8.45. The van der Waals surface area contributed by atoms with Crippen LogP contribution in [0.3, 0.4) is 0 Å². The first-order chi connectivity index (χ1) is 16.2. The van der Waals surface area contributed by atoms with Crippen LogP contribution in [-0.4, -0.2) is 21.7 Å². The van der Waals surface area contributed by atoms with E-state index in [9.17, 15) is 9.50 Å². The van der Waals surface area contributed by atoms with Crippen LogP contribution in [0, 0.1) is 31.5 Å². The van der Waals surface area contributed by atoms with Crippen LogP contribution in [0.15, 0.2) is 54.7 Å². The first-order valence-electron chi connectivity index (χ1n) is 11.7. The minimum atomic E-state index is -0.590. The van der Waals surface area contributed by atoms with E-state index in [1.54, 1.807) is 6.07 Å². The van der Waals surface area contributed by atoms with Gasteiger partial charge in [-0.05, 0) is 68.7 Å². The van der Waals surface area contributed by atoms with Gasteiger partial charge in [-0.2, -0.15) is 0 Å². The van der Waals surface area contributed by atoms with Crippen molar-refractivity contribution in [3.05, 3.63) is 88.4 Å². The summed E-state index contributed by atoms with van der Waals surface area (Å²) in [4.78, 5) is 3.43. The van der Waals surface area contributed by atoms with Crippen molar-refractivity contribution in [3.8, 4) is 23.0 Å². The monoisotopic (exact) mass is 452 g/mol. The fourth-order valence-electron chi connectivity index (χ4n) is 5.21. The molecule has 0 radical (unpaired) electrons. The van der Waals surface area contributed by atoms with E-state index < -0.39 is 11.6 Å². The Hall–Kier alpha value is -3.55. The van der Waals surface area contributed by atoms with Crippen LogP contribution in [-0.2, 0) is 0 Å². The van der Waals surface area contributed by atoms with Crippen LogP contribution < -0.4 is 5.32 Å². The van der Waals surface area contributed by atoms with E-state index in [4.69, 9.17) is 0 Å². The maximum Gasteiger partial charge on any atom is 0.124 e. The number of rotatable bonds is 1. The molecule has 4 heteroatoms. The van der Waals surface area contributed by atoms with Crippen molar-refractivity contribution in [1.29, 1.82) is 0 Å². The molecule has 3 aromatic carbocycles. The molecular formula is C30H29FN2O. The smallest absolute Gasteiger partial charge is 0.124 e. The van der Waals surface area contributed by atoms with Gasteiger partial charge >= 0.3 is 0 Å². The highest BCUT2D eigenvalue weighted by Crippen LogP contribution is 2.46. The Bertz CT molecular complexity index is 1490. The predicted octanol–water partition coefficient (Wildman–Crippen LogP) is 6.66. The SMILES string of the molecule is Cc1cc(-c2cccc3c(C)c[nH]c23)c(C#Cc2cccc(F)c2)c2c1NC(C)(C)C(O)[C@H]2C. The van der Waals surface area contributed by atoms with Crippen molar-refractivity contribution in [3.63, 3.8) is 0 Å². The molecule has 0 spiro atoms. The second-order valence-electron chi connectivity index (χ2n) is 9.95. The molecule has 2 atom stereocenters. The van der Waals surface area contributed by atoms with E-state index in [-0.39, 0.29) is 11.7 Å². The summed E-state index contributed by atoms with van der Waals surface area (Å²) in [7, 11) is 0. The molecule has 3 N–H and O–H groups in total. The van der Waals surface area contributed by atoms with Crippen molar-refractivity contribution < 1.29 is 9.50 Å². The molecule has 4 aromatic rings. The summed E-state index contributed by atoms with van der Waals surface area (Å²) in [5, 5.41) is 15.9. The number of aromatic nitrogens is 1. The van der Waals surface area contributed by atoms with Crippen LogP contribution >= 0.6 is 0 Å². The number of hydrogen-bond acceptors (Lipinski definition) is 2. The van der Waals surface area contributed by atoms with Crippen LogP contribution in [0.25, 0.3) is 22.0 Å². The maximum atomic E-state index is 13.8. The number of nitrogens with one attached hydrogen (secondary N) is 2. The molecule has 0 saturated heterocycles. The molecule has 0 amide bonds. The van der Waals surface area contributed by atoms with E-state index in [0.29, 0.717) is 5.56 Å². The van der Waals surface area contributed by atoms with Crippen molar-refractivity contribution >= 4 is 16.6 Å². The highest BCUT2D eigenvalue weighted by atomic mass is 19.1. The van der Waals surface area contributed by atoms with Gasteiger partial charge in [-0.1, -0.05) is 43.0 Å². The van der Waals surface area contributed by atoms with Gasteiger partial charge in [-0.3, -0.25) is 0 Å². The molecule has 5 rings (SSSR count). The summed E-state index contributed by atoms with van der Waals surface area (Å²) in [6, 6.07) is 14.8. The number of aliphatic hydroxyl groups is 1. The Labute approximate surface area is 200 Å². The van der Waals surface area contributed by atoms with Crippen molar-refractivity contribution in [1.82, 2.24) is 4.98 Å². The lowest BCUT2D eigenvalue weighted by Crippen LogP contribution is -2.50. The average Bonchev–Trinajstić information content (AvgIpc) is 3.18. The number of hydrogen-bond donors (Lipinski definition) is 3. The third-order valence-electron chi connectivity index (χ3n) is 7.05. The van der Waals surface area contributed by atoms with E-state index in [1.165, 1.54) is 23.1 Å². The normalized spacial score (nSPS) is 18.7. The molecule has 34 heavy (non-hydrogen) atoms. The second kappa shape index (κ2) is 8.04. The highest BCUT2D eigenvalue weighted by molar-refractivity contribution is 5.98. The van der Waals surface area contributed by atoms with Gasteiger partial charge in [0.05, 0.1) is 17.2 Å². The molecule has 1 aliphatic rings. The lowest BCUT2D eigenvalue weighted by atomic mass is 9.75. The van der Waals surface area contributed by atoms with Crippen LogP contribution in [0.4, 0.5) is 10.1 Å². The summed E-state index contributed by atoms with van der Waals surface area (Å²) in [5.74, 6) is 6.12. The zero-order valence-electron chi connectivity index (χ0n) is 20.2. The van der Waals surface area contributed by atoms with Gasteiger partial charge < -0.3 is 15.4 Å². The van der Waals surface area contributed by atoms with E-state index in [0.717, 1.165) is 39.0 Å². The summed E-state index contributed by atoms with van der Waals surface area (Å²) >= 11 is 0. The standard InChI is InChI=1S/C30H29FN2O/c1-17-14-25(24-11-7-10-22-18(2)16-32-28(22)24)23(13-12-20-8-6-9-21(31)15-20)26-19(3)29(34)30(4,5)33-27(17)26/h6-11,14-16,19,29,32-34H,1-5H3/t19-,29?/m0/s1. The number of para-hydroxylation sites is 1. The Morgan fingerprint density at radius 3 is 2.50 bits per heavy atom. The minimum Gasteiger partial charge on any atom is -0.390 e. The van der Waals surface area contributed by atoms with Gasteiger partial charge in [0.1, 0.15) is 5.82 Å². The molecular weight excluding hydrogens is 423 g/mol. The fourth-order valence-corrected chi connectivity index (χ4v) is 5.21. The number of H-pyrrole nitrogens is 1. The van der Waals surface area contributed by atoms with E-state index >= 15 is 0 Å². The number of aromatic amines is 1. The largest absolute Gasteiger partial charge is 0.390 e. The molecule has 3 nitrogen and oxygen atoms in total. The molecule has 1 unspecified atom stereocenters. The number of aryl methyl sites for hydroxylation is 2. The van der Waals surface area contributed by atoms with Gasteiger partial charge in [-0.25, -0.2) is 4.39 Å². The zero-order chi connectivity index (χ0) is 24.2. The second-order valence-corrected chi connectivity index (χ2v) is 9.95.